The summed E-state index contributed by atoms with van der Waals surface area (Å²) < 4.78 is 27.3. The number of allylic oxidation sites excluding steroid dienone is 1. The number of ether oxygens (including phenoxy) is 2. The van der Waals surface area contributed by atoms with Gasteiger partial charge in [-0.3, -0.25) is 13.9 Å². The first-order valence-corrected chi connectivity index (χ1v) is 8.42. The highest BCUT2D eigenvalue weighted by Crippen LogP contribution is 2.41. The van der Waals surface area contributed by atoms with E-state index in [2.05, 4.69) is 4.99 Å². The Balaban J connectivity index is 2.40. The second kappa shape index (κ2) is 7.52. The monoisotopic (exact) mass is 384 g/mol. The van der Waals surface area contributed by atoms with Crippen molar-refractivity contribution in [3.05, 3.63) is 73.5 Å². The molecule has 1 aromatic carbocycles. The summed E-state index contributed by atoms with van der Waals surface area (Å²) in [7, 11) is 2.72. The molecular weight excluding hydrogens is 367 g/mol. The van der Waals surface area contributed by atoms with Crippen LogP contribution < -0.4 is 16.0 Å². The van der Waals surface area contributed by atoms with Crippen molar-refractivity contribution in [3.8, 4) is 11.9 Å². The van der Waals surface area contributed by atoms with Gasteiger partial charge in [-0.15, -0.1) is 0 Å². The van der Waals surface area contributed by atoms with Crippen molar-refractivity contribution in [2.24, 2.45) is 19.1 Å². The summed E-state index contributed by atoms with van der Waals surface area (Å²) in [6.07, 6.45) is 1.09. The van der Waals surface area contributed by atoms with E-state index in [0.29, 0.717) is 6.61 Å². The minimum Gasteiger partial charge on any atom is -0.483 e. The third kappa shape index (κ3) is 2.99. The van der Waals surface area contributed by atoms with Crippen LogP contribution in [0.25, 0.3) is 0 Å². The first kappa shape index (κ1) is 19.1. The summed E-state index contributed by atoms with van der Waals surface area (Å²) in [5, 5.41) is 9.75. The molecule has 0 amide bonds. The normalized spacial score (nSPS) is 15.9. The van der Waals surface area contributed by atoms with Crippen molar-refractivity contribution in [2.75, 3.05) is 6.61 Å². The van der Waals surface area contributed by atoms with Crippen molar-refractivity contribution in [3.63, 3.8) is 0 Å². The first-order valence-electron chi connectivity index (χ1n) is 8.42. The summed E-state index contributed by atoms with van der Waals surface area (Å²) in [6.45, 7) is 2.09. The molecule has 1 aliphatic heterocycles. The van der Waals surface area contributed by atoms with Gasteiger partial charge in [0.25, 0.3) is 5.56 Å². The highest BCUT2D eigenvalue weighted by atomic mass is 19.1. The summed E-state index contributed by atoms with van der Waals surface area (Å²) >= 11 is 0. The zero-order valence-electron chi connectivity index (χ0n) is 15.5. The number of rotatable bonds is 4. The Morgan fingerprint density at radius 1 is 1.32 bits per heavy atom. The van der Waals surface area contributed by atoms with Crippen molar-refractivity contribution in [1.82, 2.24) is 9.13 Å². The van der Waals surface area contributed by atoms with Gasteiger partial charge in [0.15, 0.2) is 6.40 Å². The third-order valence-corrected chi connectivity index (χ3v) is 4.39. The second-order valence-corrected chi connectivity index (χ2v) is 6.00. The lowest BCUT2D eigenvalue weighted by Crippen LogP contribution is -2.42. The van der Waals surface area contributed by atoms with Gasteiger partial charge >= 0.3 is 5.69 Å². The van der Waals surface area contributed by atoms with Crippen LogP contribution in [-0.2, 0) is 18.8 Å². The number of aliphatic imine (C=N–C) groups is 1. The highest BCUT2D eigenvalue weighted by Gasteiger charge is 2.37. The van der Waals surface area contributed by atoms with Crippen molar-refractivity contribution in [1.29, 1.82) is 5.26 Å². The summed E-state index contributed by atoms with van der Waals surface area (Å²) in [5.41, 5.74) is -1.27. The summed E-state index contributed by atoms with van der Waals surface area (Å²) in [6, 6.07) is 7.76. The molecule has 0 spiro atoms. The van der Waals surface area contributed by atoms with Crippen LogP contribution in [0, 0.1) is 17.1 Å². The van der Waals surface area contributed by atoms with Crippen LogP contribution in [0.4, 0.5) is 4.39 Å². The van der Waals surface area contributed by atoms with E-state index < -0.39 is 23.0 Å². The maximum atomic E-state index is 14.6. The molecular formula is C19H17FN4O4. The number of aromatic nitrogens is 2. The average Bonchev–Trinajstić information content (AvgIpc) is 2.70. The van der Waals surface area contributed by atoms with E-state index >= 15 is 0 Å². The first-order chi connectivity index (χ1) is 13.4. The SMILES string of the molecule is CCOC=NC1=C(C#N)C(c2ccccc2F)c2c(n(C)c(=O)n(C)c2=O)O1. The smallest absolute Gasteiger partial charge is 0.333 e. The van der Waals surface area contributed by atoms with Gasteiger partial charge in [-0.05, 0) is 13.0 Å². The molecule has 8 nitrogen and oxygen atoms in total. The molecule has 144 valence electrons. The molecule has 0 fully saturated rings. The fraction of sp³-hybridized carbons (Fsp3) is 0.263. The van der Waals surface area contributed by atoms with Gasteiger partial charge < -0.3 is 9.47 Å². The maximum absolute atomic E-state index is 14.6. The van der Waals surface area contributed by atoms with Crippen molar-refractivity contribution >= 4 is 6.40 Å². The van der Waals surface area contributed by atoms with Crippen LogP contribution in [0.3, 0.4) is 0 Å². The summed E-state index contributed by atoms with van der Waals surface area (Å²) in [5.74, 6) is -1.95. The molecule has 1 unspecified atom stereocenters. The maximum Gasteiger partial charge on any atom is 0.333 e. The summed E-state index contributed by atoms with van der Waals surface area (Å²) in [4.78, 5) is 29.2. The number of fused-ring (bicyclic) bond motifs is 1. The predicted octanol–water partition coefficient (Wildman–Crippen LogP) is 1.55. The number of nitrogens with zero attached hydrogens (tertiary/aromatic N) is 4. The van der Waals surface area contributed by atoms with Crippen LogP contribution in [0.15, 0.2) is 50.3 Å². The average molecular weight is 384 g/mol. The van der Waals surface area contributed by atoms with E-state index in [1.807, 2.05) is 6.07 Å². The Labute approximate surface area is 159 Å². The van der Waals surface area contributed by atoms with Gasteiger partial charge in [0.05, 0.1) is 18.1 Å². The van der Waals surface area contributed by atoms with Gasteiger partial charge in [0, 0.05) is 19.7 Å². The third-order valence-electron chi connectivity index (χ3n) is 4.39. The van der Waals surface area contributed by atoms with E-state index in [-0.39, 0.29) is 28.5 Å². The van der Waals surface area contributed by atoms with E-state index in [1.54, 1.807) is 13.0 Å². The fourth-order valence-corrected chi connectivity index (χ4v) is 3.02. The van der Waals surface area contributed by atoms with Crippen molar-refractivity contribution < 1.29 is 13.9 Å². The second-order valence-electron chi connectivity index (χ2n) is 6.00. The Morgan fingerprint density at radius 2 is 2.04 bits per heavy atom. The van der Waals surface area contributed by atoms with Crippen LogP contribution in [-0.4, -0.2) is 22.1 Å². The van der Waals surface area contributed by atoms with Crippen LogP contribution in [0.5, 0.6) is 5.88 Å². The van der Waals surface area contributed by atoms with Crippen LogP contribution in [0.2, 0.25) is 0 Å². The molecule has 1 aliphatic rings. The van der Waals surface area contributed by atoms with Crippen LogP contribution in [0.1, 0.15) is 24.0 Å². The number of hydrogen-bond acceptors (Lipinski definition) is 6. The van der Waals surface area contributed by atoms with E-state index in [4.69, 9.17) is 9.47 Å². The molecule has 0 bridgehead atoms. The molecule has 2 heterocycles. The zero-order valence-corrected chi connectivity index (χ0v) is 15.5. The van der Waals surface area contributed by atoms with E-state index in [1.165, 1.54) is 32.3 Å². The minimum atomic E-state index is -1.09. The van der Waals surface area contributed by atoms with E-state index in [9.17, 15) is 19.2 Å². The molecule has 0 saturated carbocycles. The molecule has 0 radical (unpaired) electrons. The standard InChI is InChI=1S/C19H17FN4O4/c1-4-27-10-22-16-12(9-21)14(11-7-5-6-8-13(11)20)15-17(25)23(2)19(26)24(3)18(15)28-16/h5-8,10,14H,4H2,1-3H3. The number of halogens is 1. The largest absolute Gasteiger partial charge is 0.483 e. The fourth-order valence-electron chi connectivity index (χ4n) is 3.02. The Morgan fingerprint density at radius 3 is 2.68 bits per heavy atom. The van der Waals surface area contributed by atoms with Gasteiger partial charge in [-0.2, -0.15) is 10.3 Å². The Hall–Kier alpha value is -3.67. The topological polar surface area (TPSA) is 98.6 Å². The lowest BCUT2D eigenvalue weighted by molar-refractivity contribution is 0.326. The molecule has 3 rings (SSSR count). The molecule has 0 saturated heterocycles. The molecule has 2 aromatic rings. The quantitative estimate of drug-likeness (QED) is 0.588. The highest BCUT2D eigenvalue weighted by molar-refractivity contribution is 5.56. The number of nitriles is 1. The van der Waals surface area contributed by atoms with Gasteiger partial charge in [-0.1, -0.05) is 18.2 Å². The van der Waals surface area contributed by atoms with E-state index in [0.717, 1.165) is 15.5 Å². The lowest BCUT2D eigenvalue weighted by Gasteiger charge is -2.27. The molecule has 0 N–H and O–H groups in total. The van der Waals surface area contributed by atoms with Gasteiger partial charge in [0.2, 0.25) is 11.8 Å². The Bertz CT molecular complexity index is 1150. The molecule has 1 atom stereocenters. The van der Waals surface area contributed by atoms with Gasteiger partial charge in [0.1, 0.15) is 17.5 Å². The van der Waals surface area contributed by atoms with Crippen LogP contribution >= 0.6 is 0 Å². The zero-order chi connectivity index (χ0) is 20.4. The number of benzene rings is 1. The van der Waals surface area contributed by atoms with Gasteiger partial charge in [-0.25, -0.2) is 9.18 Å². The molecule has 1 aromatic heterocycles. The molecule has 28 heavy (non-hydrogen) atoms. The molecule has 9 heteroatoms. The lowest BCUT2D eigenvalue weighted by atomic mass is 9.84. The Kier molecular flexibility index (Phi) is 5.13. The molecule has 0 aliphatic carbocycles. The minimum absolute atomic E-state index is 0.0124. The predicted molar refractivity (Wildman–Crippen MR) is 98.6 cm³/mol. The number of hydrogen-bond donors (Lipinski definition) is 0. The van der Waals surface area contributed by atoms with Crippen molar-refractivity contribution in [2.45, 2.75) is 12.8 Å².